The number of nitrogens with one attached hydrogen (secondary N) is 2. The standard InChI is InChI=1S/C15H10BrN3S/c16-10-2-1-9-7-13(18-12(9)8-10)15-4-3-14(20-15)11-5-6-17-19-11/h1-8,18H,(H,17,19). The summed E-state index contributed by atoms with van der Waals surface area (Å²) in [6.45, 7) is 0. The minimum Gasteiger partial charge on any atom is -0.354 e. The van der Waals surface area contributed by atoms with E-state index in [1.807, 2.05) is 6.07 Å². The second-order valence-electron chi connectivity index (χ2n) is 4.55. The third kappa shape index (κ3) is 1.99. The molecule has 0 saturated heterocycles. The first kappa shape index (κ1) is 11.9. The maximum atomic E-state index is 3.99. The van der Waals surface area contributed by atoms with Gasteiger partial charge in [0, 0.05) is 21.6 Å². The van der Waals surface area contributed by atoms with Crippen LogP contribution in [0.15, 0.2) is 53.1 Å². The van der Waals surface area contributed by atoms with Gasteiger partial charge in [-0.3, -0.25) is 5.10 Å². The Hall–Kier alpha value is -1.85. The first-order chi connectivity index (χ1) is 9.79. The summed E-state index contributed by atoms with van der Waals surface area (Å²) in [5.74, 6) is 0. The molecule has 0 saturated carbocycles. The Morgan fingerprint density at radius 2 is 1.80 bits per heavy atom. The molecule has 4 aromatic rings. The Balaban J connectivity index is 1.79. The summed E-state index contributed by atoms with van der Waals surface area (Å²) in [7, 11) is 0. The van der Waals surface area contributed by atoms with Crippen molar-refractivity contribution < 1.29 is 0 Å². The van der Waals surface area contributed by atoms with E-state index in [0.29, 0.717) is 0 Å². The summed E-state index contributed by atoms with van der Waals surface area (Å²) in [5.41, 5.74) is 3.35. The summed E-state index contributed by atoms with van der Waals surface area (Å²) >= 11 is 5.25. The van der Waals surface area contributed by atoms with Gasteiger partial charge in [0.25, 0.3) is 0 Å². The van der Waals surface area contributed by atoms with E-state index in [0.717, 1.165) is 21.4 Å². The van der Waals surface area contributed by atoms with Crippen molar-refractivity contribution in [1.82, 2.24) is 15.2 Å². The fraction of sp³-hybridized carbons (Fsp3) is 0. The lowest BCUT2D eigenvalue weighted by Crippen LogP contribution is -1.70. The molecule has 0 radical (unpaired) electrons. The van der Waals surface area contributed by atoms with Gasteiger partial charge in [-0.2, -0.15) is 5.10 Å². The summed E-state index contributed by atoms with van der Waals surface area (Å²) in [6, 6.07) is 14.7. The second-order valence-corrected chi connectivity index (χ2v) is 6.55. The predicted octanol–water partition coefficient (Wildman–Crippen LogP) is 5.05. The van der Waals surface area contributed by atoms with Gasteiger partial charge in [-0.05, 0) is 36.4 Å². The molecule has 1 aromatic carbocycles. The van der Waals surface area contributed by atoms with E-state index in [1.54, 1.807) is 17.5 Å². The lowest BCUT2D eigenvalue weighted by Gasteiger charge is -1.91. The topological polar surface area (TPSA) is 44.5 Å². The van der Waals surface area contributed by atoms with E-state index >= 15 is 0 Å². The lowest BCUT2D eigenvalue weighted by atomic mass is 10.2. The number of thiophene rings is 1. The molecule has 0 fully saturated rings. The van der Waals surface area contributed by atoms with Gasteiger partial charge in [-0.25, -0.2) is 0 Å². The van der Waals surface area contributed by atoms with Crippen molar-refractivity contribution in [1.29, 1.82) is 0 Å². The van der Waals surface area contributed by atoms with E-state index in [1.165, 1.54) is 15.1 Å². The molecule has 0 atom stereocenters. The van der Waals surface area contributed by atoms with Gasteiger partial charge in [0.1, 0.15) is 0 Å². The molecule has 20 heavy (non-hydrogen) atoms. The Morgan fingerprint density at radius 1 is 0.950 bits per heavy atom. The van der Waals surface area contributed by atoms with Crippen LogP contribution in [-0.4, -0.2) is 15.2 Å². The summed E-state index contributed by atoms with van der Waals surface area (Å²) in [6.07, 6.45) is 1.77. The number of rotatable bonds is 2. The molecule has 0 spiro atoms. The molecule has 3 heterocycles. The molecular weight excluding hydrogens is 334 g/mol. The molecule has 98 valence electrons. The Bertz CT molecular complexity index is 874. The average molecular weight is 344 g/mol. The van der Waals surface area contributed by atoms with Gasteiger partial charge in [0.05, 0.1) is 21.1 Å². The molecule has 3 aromatic heterocycles. The van der Waals surface area contributed by atoms with Crippen molar-refractivity contribution in [2.45, 2.75) is 0 Å². The van der Waals surface area contributed by atoms with Gasteiger partial charge in [-0.1, -0.05) is 22.0 Å². The van der Waals surface area contributed by atoms with Gasteiger partial charge >= 0.3 is 0 Å². The van der Waals surface area contributed by atoms with Crippen LogP contribution in [0.5, 0.6) is 0 Å². The van der Waals surface area contributed by atoms with Crippen molar-refractivity contribution in [2.75, 3.05) is 0 Å². The SMILES string of the molecule is Brc1ccc2cc(-c3ccc(-c4ccn[nH]4)s3)[nH]c2c1. The van der Waals surface area contributed by atoms with Crippen molar-refractivity contribution in [3.05, 3.63) is 53.1 Å². The minimum absolute atomic E-state index is 1.06. The van der Waals surface area contributed by atoms with E-state index in [4.69, 9.17) is 0 Å². The molecule has 2 N–H and O–H groups in total. The summed E-state index contributed by atoms with van der Waals surface area (Å²) in [5, 5.41) is 8.21. The van der Waals surface area contributed by atoms with Gasteiger partial charge in [0.15, 0.2) is 0 Å². The normalized spacial score (nSPS) is 11.2. The smallest absolute Gasteiger partial charge is 0.0750 e. The zero-order chi connectivity index (χ0) is 13.5. The number of aromatic amines is 2. The highest BCUT2D eigenvalue weighted by Gasteiger charge is 2.08. The van der Waals surface area contributed by atoms with Crippen LogP contribution in [0.2, 0.25) is 0 Å². The van der Waals surface area contributed by atoms with E-state index < -0.39 is 0 Å². The predicted molar refractivity (Wildman–Crippen MR) is 86.9 cm³/mol. The number of fused-ring (bicyclic) bond motifs is 1. The van der Waals surface area contributed by atoms with Gasteiger partial charge in [-0.15, -0.1) is 11.3 Å². The number of aromatic nitrogens is 3. The van der Waals surface area contributed by atoms with Crippen LogP contribution in [0.3, 0.4) is 0 Å². The molecule has 3 nitrogen and oxygen atoms in total. The van der Waals surface area contributed by atoms with Gasteiger partial charge < -0.3 is 4.98 Å². The number of halogens is 1. The fourth-order valence-electron chi connectivity index (χ4n) is 2.25. The highest BCUT2D eigenvalue weighted by molar-refractivity contribution is 9.10. The molecule has 4 rings (SSSR count). The van der Waals surface area contributed by atoms with E-state index in [2.05, 4.69) is 67.5 Å². The van der Waals surface area contributed by atoms with Crippen LogP contribution >= 0.6 is 27.3 Å². The largest absolute Gasteiger partial charge is 0.354 e. The molecule has 0 aliphatic heterocycles. The number of H-pyrrole nitrogens is 2. The van der Waals surface area contributed by atoms with Crippen LogP contribution in [-0.2, 0) is 0 Å². The maximum Gasteiger partial charge on any atom is 0.0750 e. The van der Waals surface area contributed by atoms with Crippen molar-refractivity contribution >= 4 is 38.2 Å². The van der Waals surface area contributed by atoms with Crippen LogP contribution in [0.25, 0.3) is 32.0 Å². The first-order valence-electron chi connectivity index (χ1n) is 6.18. The minimum atomic E-state index is 1.06. The molecule has 0 aliphatic carbocycles. The molecule has 0 unspecified atom stereocenters. The Morgan fingerprint density at radius 3 is 2.60 bits per heavy atom. The first-order valence-corrected chi connectivity index (χ1v) is 7.79. The number of nitrogens with zero attached hydrogens (tertiary/aromatic N) is 1. The summed E-state index contributed by atoms with van der Waals surface area (Å²) < 4.78 is 1.09. The highest BCUT2D eigenvalue weighted by atomic mass is 79.9. The van der Waals surface area contributed by atoms with Crippen molar-refractivity contribution in [3.63, 3.8) is 0 Å². The lowest BCUT2D eigenvalue weighted by molar-refractivity contribution is 1.10. The number of benzene rings is 1. The molecule has 5 heteroatoms. The highest BCUT2D eigenvalue weighted by Crippen LogP contribution is 2.34. The average Bonchev–Trinajstić information content (AvgIpc) is 3.17. The zero-order valence-corrected chi connectivity index (χ0v) is 12.8. The molecule has 0 aliphatic rings. The van der Waals surface area contributed by atoms with Crippen LogP contribution in [0, 0.1) is 0 Å². The molecular formula is C15H10BrN3S. The maximum absolute atomic E-state index is 3.99. The van der Waals surface area contributed by atoms with Crippen LogP contribution < -0.4 is 0 Å². The van der Waals surface area contributed by atoms with Gasteiger partial charge in [0.2, 0.25) is 0 Å². The Kier molecular flexibility index (Phi) is 2.75. The van der Waals surface area contributed by atoms with E-state index in [-0.39, 0.29) is 0 Å². The zero-order valence-electron chi connectivity index (χ0n) is 10.4. The Labute approximate surface area is 127 Å². The van der Waals surface area contributed by atoms with E-state index in [9.17, 15) is 0 Å². The van der Waals surface area contributed by atoms with Crippen molar-refractivity contribution in [3.8, 4) is 21.1 Å². The molecule has 0 amide bonds. The third-order valence-corrected chi connectivity index (χ3v) is 4.87. The van der Waals surface area contributed by atoms with Crippen LogP contribution in [0.1, 0.15) is 0 Å². The molecule has 0 bridgehead atoms. The van der Waals surface area contributed by atoms with Crippen LogP contribution in [0.4, 0.5) is 0 Å². The number of hydrogen-bond donors (Lipinski definition) is 2. The number of hydrogen-bond acceptors (Lipinski definition) is 2. The van der Waals surface area contributed by atoms with Crippen molar-refractivity contribution in [2.24, 2.45) is 0 Å². The monoisotopic (exact) mass is 343 g/mol. The third-order valence-electron chi connectivity index (χ3n) is 3.22. The summed E-state index contributed by atoms with van der Waals surface area (Å²) in [4.78, 5) is 5.88. The quantitative estimate of drug-likeness (QED) is 0.525. The second kappa shape index (κ2) is 4.61. The fourth-order valence-corrected chi connectivity index (χ4v) is 3.57.